The maximum absolute atomic E-state index is 12.3. The van der Waals surface area contributed by atoms with Crippen LogP contribution in [0.1, 0.15) is 22.3 Å². The number of carbonyl (C=O) groups is 2. The van der Waals surface area contributed by atoms with E-state index >= 15 is 0 Å². The van der Waals surface area contributed by atoms with Crippen LogP contribution in [0.3, 0.4) is 0 Å². The quantitative estimate of drug-likeness (QED) is 0.221. The van der Waals surface area contributed by atoms with Crippen LogP contribution in [0.25, 0.3) is 0 Å². The number of carbonyl (C=O) groups excluding carboxylic acids is 1. The highest BCUT2D eigenvalue weighted by Gasteiger charge is 2.39. The summed E-state index contributed by atoms with van der Waals surface area (Å²) in [4.78, 5) is 25.9. The second-order valence-corrected chi connectivity index (χ2v) is 8.18. The van der Waals surface area contributed by atoms with E-state index in [-0.39, 0.29) is 34.7 Å². The van der Waals surface area contributed by atoms with Crippen molar-refractivity contribution in [3.63, 3.8) is 0 Å². The molecule has 2 aliphatic heterocycles. The van der Waals surface area contributed by atoms with E-state index in [1.807, 2.05) is 0 Å². The van der Waals surface area contributed by atoms with Crippen LogP contribution in [-0.2, 0) is 11.2 Å². The molecule has 0 aliphatic carbocycles. The summed E-state index contributed by atoms with van der Waals surface area (Å²) in [6.45, 7) is 1.19. The van der Waals surface area contributed by atoms with Gasteiger partial charge < -0.3 is 31.2 Å². The average molecular weight is 421 g/mol. The van der Waals surface area contributed by atoms with Gasteiger partial charge in [0.2, 0.25) is 5.91 Å². The molecule has 2 heterocycles. The van der Waals surface area contributed by atoms with Crippen LogP contribution in [0.4, 0.5) is 5.69 Å². The highest BCUT2D eigenvalue weighted by atomic mass is 32.2. The van der Waals surface area contributed by atoms with E-state index in [4.69, 9.17) is 22.0 Å². The van der Waals surface area contributed by atoms with Gasteiger partial charge in [-0.2, -0.15) is 0 Å². The summed E-state index contributed by atoms with van der Waals surface area (Å²) in [5, 5.41) is 20.7. The Balaban J connectivity index is 1.75. The van der Waals surface area contributed by atoms with Crippen LogP contribution in [-0.4, -0.2) is 64.1 Å². The molecule has 156 valence electrons. The first-order valence-corrected chi connectivity index (χ1v) is 10.2. The molecule has 3 rings (SSSR count). The van der Waals surface area contributed by atoms with Crippen LogP contribution >= 0.6 is 11.8 Å². The number of anilines is 1. The fourth-order valence-corrected chi connectivity index (χ4v) is 4.50. The molecule has 2 aliphatic rings. The van der Waals surface area contributed by atoms with Gasteiger partial charge in [0.25, 0.3) is 0 Å². The molecular formula is C17H24BN5O5S. The molecule has 1 amide bonds. The molecule has 0 saturated carbocycles. The number of hydrazine groups is 1. The molecule has 1 aromatic rings. The lowest BCUT2D eigenvalue weighted by atomic mass is 9.77. The molecule has 0 radical (unpaired) electrons. The SMILES string of the molecule is N/C=C\N(N)c1ccc2c(c1C(=O)O)OB(O)C(SCC(=O)N1CCC(N)C1)C2. The summed E-state index contributed by atoms with van der Waals surface area (Å²) < 4.78 is 5.55. The second-order valence-electron chi connectivity index (χ2n) is 6.95. The Labute approximate surface area is 172 Å². The van der Waals surface area contributed by atoms with Crippen molar-refractivity contribution in [1.29, 1.82) is 0 Å². The third-order valence-corrected chi connectivity index (χ3v) is 6.17. The first-order chi connectivity index (χ1) is 13.8. The fraction of sp³-hybridized carbons (Fsp3) is 0.412. The van der Waals surface area contributed by atoms with E-state index in [1.165, 1.54) is 24.2 Å². The van der Waals surface area contributed by atoms with Gasteiger partial charge in [-0.15, -0.1) is 11.8 Å². The molecule has 12 heteroatoms. The van der Waals surface area contributed by atoms with Crippen LogP contribution < -0.4 is 27.0 Å². The largest absolute Gasteiger partial charge is 0.536 e. The minimum absolute atomic E-state index is 0.0132. The lowest BCUT2D eigenvalue weighted by molar-refractivity contribution is -0.127. The van der Waals surface area contributed by atoms with Gasteiger partial charge in [-0.25, -0.2) is 10.6 Å². The predicted molar refractivity (Wildman–Crippen MR) is 111 cm³/mol. The maximum Gasteiger partial charge on any atom is 0.536 e. The molecular weight excluding hydrogens is 397 g/mol. The van der Waals surface area contributed by atoms with Crippen molar-refractivity contribution < 1.29 is 24.4 Å². The number of nitrogens with zero attached hydrogens (tertiary/aromatic N) is 2. The van der Waals surface area contributed by atoms with Crippen molar-refractivity contribution in [3.05, 3.63) is 35.7 Å². The number of fused-ring (bicyclic) bond motifs is 1. The van der Waals surface area contributed by atoms with Crippen LogP contribution in [0, 0.1) is 0 Å². The van der Waals surface area contributed by atoms with Gasteiger partial charge in [-0.1, -0.05) is 6.07 Å². The number of amides is 1. The Kier molecular flexibility index (Phi) is 6.57. The smallest absolute Gasteiger partial charge is 0.535 e. The summed E-state index contributed by atoms with van der Waals surface area (Å²) >= 11 is 1.28. The number of thioether (sulfide) groups is 1. The molecule has 1 aromatic carbocycles. The zero-order valence-corrected chi connectivity index (χ0v) is 16.5. The highest BCUT2D eigenvalue weighted by Crippen LogP contribution is 2.38. The summed E-state index contributed by atoms with van der Waals surface area (Å²) in [7, 11) is -1.26. The van der Waals surface area contributed by atoms with Gasteiger partial charge in [0, 0.05) is 31.5 Å². The summed E-state index contributed by atoms with van der Waals surface area (Å²) in [6, 6.07) is 3.27. The van der Waals surface area contributed by atoms with Gasteiger partial charge in [0.15, 0.2) is 0 Å². The third-order valence-electron chi connectivity index (χ3n) is 4.93. The minimum atomic E-state index is -1.26. The highest BCUT2D eigenvalue weighted by molar-refractivity contribution is 8.01. The molecule has 0 bridgehead atoms. The number of nitrogens with two attached hydrogens (primary N) is 3. The number of carboxylic acids is 1. The number of benzene rings is 1. The number of carboxylic acid groups (broad SMARTS) is 1. The van der Waals surface area contributed by atoms with E-state index in [0.717, 1.165) is 11.4 Å². The zero-order valence-electron chi connectivity index (χ0n) is 15.7. The molecule has 29 heavy (non-hydrogen) atoms. The normalized spacial score (nSPS) is 21.2. The van der Waals surface area contributed by atoms with Crippen molar-refractivity contribution in [2.45, 2.75) is 24.0 Å². The Morgan fingerprint density at radius 2 is 2.21 bits per heavy atom. The molecule has 1 saturated heterocycles. The summed E-state index contributed by atoms with van der Waals surface area (Å²) in [5.74, 6) is 4.80. The van der Waals surface area contributed by atoms with E-state index in [2.05, 4.69) is 0 Å². The number of rotatable bonds is 6. The van der Waals surface area contributed by atoms with Gasteiger partial charge in [-0.05, 0) is 24.5 Å². The van der Waals surface area contributed by atoms with Crippen molar-refractivity contribution >= 4 is 36.4 Å². The topological polar surface area (TPSA) is 168 Å². The van der Waals surface area contributed by atoms with E-state index < -0.39 is 18.2 Å². The maximum atomic E-state index is 12.3. The Morgan fingerprint density at radius 1 is 1.45 bits per heavy atom. The third kappa shape index (κ3) is 4.61. The van der Waals surface area contributed by atoms with Crippen molar-refractivity contribution in [1.82, 2.24) is 4.90 Å². The fourth-order valence-electron chi connectivity index (χ4n) is 3.44. The molecule has 0 aromatic heterocycles. The first-order valence-electron chi connectivity index (χ1n) is 9.13. The lowest BCUT2D eigenvalue weighted by Gasteiger charge is -2.30. The standard InChI is InChI=1S/C17H24BN5O5S/c19-4-6-23(21)12-2-1-10-7-13(18(27)28-16(10)15(12)17(25)26)29-9-14(24)22-5-3-11(20)8-22/h1-2,4,6,11,13,27H,3,5,7-9,19-21H2,(H,25,26)/b6-4-. The van der Waals surface area contributed by atoms with Gasteiger partial charge in [0.05, 0.1) is 16.6 Å². The monoisotopic (exact) mass is 421 g/mol. The summed E-state index contributed by atoms with van der Waals surface area (Å²) in [6.07, 6.45) is 3.63. The van der Waals surface area contributed by atoms with E-state index in [1.54, 1.807) is 17.0 Å². The Bertz CT molecular complexity index is 826. The minimum Gasteiger partial charge on any atom is -0.535 e. The molecule has 8 N–H and O–H groups in total. The Morgan fingerprint density at radius 3 is 2.83 bits per heavy atom. The number of hydrogen-bond acceptors (Lipinski definition) is 9. The predicted octanol–water partition coefficient (Wildman–Crippen LogP) is -0.889. The molecule has 1 fully saturated rings. The average Bonchev–Trinajstić information content (AvgIpc) is 3.11. The van der Waals surface area contributed by atoms with Gasteiger partial charge >= 0.3 is 13.1 Å². The first kappa shape index (κ1) is 21.3. The summed E-state index contributed by atoms with van der Waals surface area (Å²) in [5.41, 5.74) is 11.8. The van der Waals surface area contributed by atoms with Gasteiger partial charge in [0.1, 0.15) is 11.3 Å². The van der Waals surface area contributed by atoms with Crippen LogP contribution in [0.5, 0.6) is 5.75 Å². The van der Waals surface area contributed by atoms with Crippen molar-refractivity contribution in [2.24, 2.45) is 17.3 Å². The number of likely N-dealkylation sites (tertiary alicyclic amines) is 1. The van der Waals surface area contributed by atoms with E-state index in [9.17, 15) is 19.7 Å². The second kappa shape index (κ2) is 8.95. The number of aromatic carboxylic acids is 1. The van der Waals surface area contributed by atoms with Crippen LogP contribution in [0.2, 0.25) is 0 Å². The van der Waals surface area contributed by atoms with Gasteiger partial charge in [-0.3, -0.25) is 9.80 Å². The molecule has 2 atom stereocenters. The van der Waals surface area contributed by atoms with Crippen LogP contribution in [0.15, 0.2) is 24.5 Å². The van der Waals surface area contributed by atoms with Crippen molar-refractivity contribution in [2.75, 3.05) is 23.9 Å². The zero-order chi connectivity index (χ0) is 21.1. The lowest BCUT2D eigenvalue weighted by Crippen LogP contribution is -2.42. The van der Waals surface area contributed by atoms with Crippen molar-refractivity contribution in [3.8, 4) is 5.75 Å². The molecule has 2 unspecified atom stereocenters. The molecule has 10 nitrogen and oxygen atoms in total. The Hall–Kier alpha value is -2.41. The number of hydrogen-bond donors (Lipinski definition) is 5. The molecule has 0 spiro atoms. The van der Waals surface area contributed by atoms with E-state index in [0.29, 0.717) is 25.1 Å².